The van der Waals surface area contributed by atoms with Crippen molar-refractivity contribution in [2.45, 2.75) is 13.0 Å². The van der Waals surface area contributed by atoms with E-state index in [-0.39, 0.29) is 11.9 Å². The molecular weight excluding hydrogens is 219 g/mol. The zero-order chi connectivity index (χ0) is 12.4. The molecule has 0 radical (unpaired) electrons. The largest absolute Gasteiger partial charge is 0.313 e. The van der Waals surface area contributed by atoms with Crippen LogP contribution in [0.25, 0.3) is 11.4 Å². The van der Waals surface area contributed by atoms with Gasteiger partial charge in [-0.1, -0.05) is 6.07 Å². The lowest BCUT2D eigenvalue weighted by atomic mass is 10.0. The average Bonchev–Trinajstić information content (AvgIpc) is 2.75. The number of aryl methyl sites for hydroxylation is 1. The molecule has 0 aliphatic carbocycles. The number of hydrogen-bond donors (Lipinski definition) is 1. The molecule has 2 rings (SSSR count). The van der Waals surface area contributed by atoms with E-state index in [1.54, 1.807) is 23.9 Å². The van der Waals surface area contributed by atoms with E-state index in [1.165, 1.54) is 12.4 Å². The SMILES string of the molecule is CNC(C)c1ccc(F)c(-c2ncnn2C)c1. The van der Waals surface area contributed by atoms with Crippen molar-refractivity contribution in [3.8, 4) is 11.4 Å². The molecule has 0 amide bonds. The molecule has 4 nitrogen and oxygen atoms in total. The van der Waals surface area contributed by atoms with Crippen LogP contribution in [0.15, 0.2) is 24.5 Å². The first-order valence-electron chi connectivity index (χ1n) is 5.44. The highest BCUT2D eigenvalue weighted by Crippen LogP contribution is 2.24. The zero-order valence-corrected chi connectivity index (χ0v) is 10.1. The maximum Gasteiger partial charge on any atom is 0.160 e. The summed E-state index contributed by atoms with van der Waals surface area (Å²) in [6, 6.07) is 5.21. The van der Waals surface area contributed by atoms with Gasteiger partial charge in [-0.15, -0.1) is 0 Å². The molecule has 0 saturated heterocycles. The molecule has 5 heteroatoms. The third kappa shape index (κ3) is 2.19. The number of halogens is 1. The first-order chi connectivity index (χ1) is 8.13. The van der Waals surface area contributed by atoms with E-state index in [0.717, 1.165) is 5.56 Å². The molecule has 0 aliphatic heterocycles. The van der Waals surface area contributed by atoms with E-state index >= 15 is 0 Å². The van der Waals surface area contributed by atoms with E-state index in [9.17, 15) is 4.39 Å². The van der Waals surface area contributed by atoms with Crippen LogP contribution in [0.4, 0.5) is 4.39 Å². The molecule has 1 N–H and O–H groups in total. The maximum absolute atomic E-state index is 13.8. The van der Waals surface area contributed by atoms with Crippen LogP contribution in [0.2, 0.25) is 0 Å². The summed E-state index contributed by atoms with van der Waals surface area (Å²) >= 11 is 0. The topological polar surface area (TPSA) is 42.7 Å². The highest BCUT2D eigenvalue weighted by Gasteiger charge is 2.13. The summed E-state index contributed by atoms with van der Waals surface area (Å²) in [5.74, 6) is 0.251. The number of benzene rings is 1. The first kappa shape index (κ1) is 11.7. The number of nitrogens with zero attached hydrogens (tertiary/aromatic N) is 3. The minimum absolute atomic E-state index is 0.169. The number of hydrogen-bond acceptors (Lipinski definition) is 3. The second-order valence-corrected chi connectivity index (χ2v) is 3.96. The van der Waals surface area contributed by atoms with Gasteiger partial charge < -0.3 is 5.32 Å². The molecule has 1 aromatic heterocycles. The molecule has 1 aromatic carbocycles. The standard InChI is InChI=1S/C12H15FN4/c1-8(14-2)9-4-5-11(13)10(6-9)12-15-7-16-17(12)3/h4-8,14H,1-3H3. The molecule has 0 saturated carbocycles. The lowest BCUT2D eigenvalue weighted by Crippen LogP contribution is -2.12. The van der Waals surface area contributed by atoms with Crippen molar-refractivity contribution in [3.05, 3.63) is 35.9 Å². The number of aromatic nitrogens is 3. The van der Waals surface area contributed by atoms with Crippen molar-refractivity contribution in [2.75, 3.05) is 7.05 Å². The molecule has 2 aromatic rings. The summed E-state index contributed by atoms with van der Waals surface area (Å²) in [6.07, 6.45) is 1.42. The Kier molecular flexibility index (Phi) is 3.19. The Bertz CT molecular complexity index is 521. The summed E-state index contributed by atoms with van der Waals surface area (Å²) in [5, 5.41) is 7.07. The second-order valence-electron chi connectivity index (χ2n) is 3.96. The van der Waals surface area contributed by atoms with E-state index in [1.807, 2.05) is 14.0 Å². The fraction of sp³-hybridized carbons (Fsp3) is 0.333. The number of nitrogens with one attached hydrogen (secondary N) is 1. The van der Waals surface area contributed by atoms with Gasteiger partial charge in [0, 0.05) is 13.1 Å². The lowest BCUT2D eigenvalue weighted by molar-refractivity contribution is 0.618. The smallest absolute Gasteiger partial charge is 0.160 e. The van der Waals surface area contributed by atoms with Crippen LogP contribution in [-0.2, 0) is 7.05 Å². The third-order valence-electron chi connectivity index (χ3n) is 2.88. The minimum Gasteiger partial charge on any atom is -0.313 e. The third-order valence-corrected chi connectivity index (χ3v) is 2.88. The Balaban J connectivity index is 2.50. The van der Waals surface area contributed by atoms with Crippen LogP contribution in [0.5, 0.6) is 0 Å². The van der Waals surface area contributed by atoms with Crippen LogP contribution in [0.3, 0.4) is 0 Å². The van der Waals surface area contributed by atoms with Crippen LogP contribution in [0.1, 0.15) is 18.5 Å². The van der Waals surface area contributed by atoms with Crippen molar-refractivity contribution in [2.24, 2.45) is 7.05 Å². The Morgan fingerprint density at radius 2 is 2.18 bits per heavy atom. The summed E-state index contributed by atoms with van der Waals surface area (Å²) in [7, 11) is 3.62. The molecule has 0 bridgehead atoms. The summed E-state index contributed by atoms with van der Waals surface area (Å²) < 4.78 is 15.3. The highest BCUT2D eigenvalue weighted by molar-refractivity contribution is 5.57. The monoisotopic (exact) mass is 234 g/mol. The van der Waals surface area contributed by atoms with Gasteiger partial charge in [0.2, 0.25) is 0 Å². The van der Waals surface area contributed by atoms with Gasteiger partial charge in [-0.3, -0.25) is 0 Å². The zero-order valence-electron chi connectivity index (χ0n) is 10.1. The van der Waals surface area contributed by atoms with Crippen LogP contribution in [0, 0.1) is 5.82 Å². The Hall–Kier alpha value is -1.75. The van der Waals surface area contributed by atoms with Gasteiger partial charge in [-0.05, 0) is 31.7 Å². The summed E-state index contributed by atoms with van der Waals surface area (Å²) in [6.45, 7) is 2.02. The van der Waals surface area contributed by atoms with E-state index < -0.39 is 0 Å². The van der Waals surface area contributed by atoms with Gasteiger partial charge in [0.1, 0.15) is 12.1 Å². The lowest BCUT2D eigenvalue weighted by Gasteiger charge is -2.12. The Labute approximate surface area is 99.5 Å². The van der Waals surface area contributed by atoms with Crippen molar-refractivity contribution in [1.29, 1.82) is 0 Å². The summed E-state index contributed by atoms with van der Waals surface area (Å²) in [5.41, 5.74) is 1.50. The fourth-order valence-electron chi connectivity index (χ4n) is 1.69. The van der Waals surface area contributed by atoms with Gasteiger partial charge in [-0.25, -0.2) is 14.1 Å². The van der Waals surface area contributed by atoms with Crippen molar-refractivity contribution < 1.29 is 4.39 Å². The van der Waals surface area contributed by atoms with Crippen molar-refractivity contribution in [1.82, 2.24) is 20.1 Å². The molecular formula is C12H15FN4. The van der Waals surface area contributed by atoms with Gasteiger partial charge in [0.05, 0.1) is 5.56 Å². The minimum atomic E-state index is -0.284. The Morgan fingerprint density at radius 3 is 2.76 bits per heavy atom. The van der Waals surface area contributed by atoms with E-state index in [2.05, 4.69) is 15.4 Å². The normalized spacial score (nSPS) is 12.7. The number of rotatable bonds is 3. The quantitative estimate of drug-likeness (QED) is 0.882. The molecule has 0 aliphatic rings. The average molecular weight is 234 g/mol. The van der Waals surface area contributed by atoms with Gasteiger partial charge in [0.15, 0.2) is 5.82 Å². The van der Waals surface area contributed by atoms with Gasteiger partial charge in [-0.2, -0.15) is 5.10 Å². The molecule has 90 valence electrons. The molecule has 0 fully saturated rings. The highest BCUT2D eigenvalue weighted by atomic mass is 19.1. The fourth-order valence-corrected chi connectivity index (χ4v) is 1.69. The molecule has 17 heavy (non-hydrogen) atoms. The Morgan fingerprint density at radius 1 is 1.41 bits per heavy atom. The predicted molar refractivity (Wildman–Crippen MR) is 63.9 cm³/mol. The molecule has 0 spiro atoms. The van der Waals surface area contributed by atoms with E-state index in [4.69, 9.17) is 0 Å². The van der Waals surface area contributed by atoms with Gasteiger partial charge >= 0.3 is 0 Å². The predicted octanol–water partition coefficient (Wildman–Crippen LogP) is 1.90. The first-order valence-corrected chi connectivity index (χ1v) is 5.44. The van der Waals surface area contributed by atoms with E-state index in [0.29, 0.717) is 11.4 Å². The van der Waals surface area contributed by atoms with Crippen molar-refractivity contribution >= 4 is 0 Å². The van der Waals surface area contributed by atoms with Crippen molar-refractivity contribution in [3.63, 3.8) is 0 Å². The molecule has 1 unspecified atom stereocenters. The van der Waals surface area contributed by atoms with Crippen LogP contribution < -0.4 is 5.32 Å². The second kappa shape index (κ2) is 4.63. The molecule has 1 heterocycles. The maximum atomic E-state index is 13.8. The van der Waals surface area contributed by atoms with Crippen LogP contribution in [-0.4, -0.2) is 21.8 Å². The van der Waals surface area contributed by atoms with Crippen LogP contribution >= 0.6 is 0 Å². The summed E-state index contributed by atoms with van der Waals surface area (Å²) in [4.78, 5) is 4.06. The van der Waals surface area contributed by atoms with Gasteiger partial charge in [0.25, 0.3) is 0 Å². The molecule has 1 atom stereocenters.